The fraction of sp³-hybridized carbons (Fsp3) is 0.280. The number of nitrogens with zero attached hydrogens (tertiary/aromatic N) is 3. The highest BCUT2D eigenvalue weighted by Gasteiger charge is 2.47. The van der Waals surface area contributed by atoms with E-state index < -0.39 is 53.4 Å². The van der Waals surface area contributed by atoms with Crippen LogP contribution in [0.25, 0.3) is 0 Å². The number of aromatic nitrogens is 2. The van der Waals surface area contributed by atoms with Crippen LogP contribution in [0.3, 0.4) is 0 Å². The Hall–Kier alpha value is -4.26. The Morgan fingerprint density at radius 3 is 2.66 bits per heavy atom. The fourth-order valence-corrected chi connectivity index (χ4v) is 4.12. The number of nitrogens with one attached hydrogen (secondary N) is 1. The van der Waals surface area contributed by atoms with Crippen molar-refractivity contribution in [2.45, 2.75) is 31.2 Å². The Morgan fingerprint density at radius 2 is 2.00 bits per heavy atom. The summed E-state index contributed by atoms with van der Waals surface area (Å²) in [6, 6.07) is 7.09. The first-order chi connectivity index (χ1) is 17.9. The zero-order valence-electron chi connectivity index (χ0n) is 20.0. The summed E-state index contributed by atoms with van der Waals surface area (Å²) in [4.78, 5) is 30.0. The summed E-state index contributed by atoms with van der Waals surface area (Å²) in [5.41, 5.74) is 4.78. The van der Waals surface area contributed by atoms with Crippen molar-refractivity contribution in [3.05, 3.63) is 83.0 Å². The zero-order chi connectivity index (χ0) is 27.6. The van der Waals surface area contributed by atoms with Crippen LogP contribution in [0.5, 0.6) is 11.5 Å². The van der Waals surface area contributed by atoms with E-state index in [1.807, 2.05) is 0 Å². The first-order valence-corrected chi connectivity index (χ1v) is 11.5. The number of alkyl halides is 2. The first kappa shape index (κ1) is 26.8. The van der Waals surface area contributed by atoms with Gasteiger partial charge in [0.25, 0.3) is 11.6 Å². The molecule has 0 saturated carbocycles. The van der Waals surface area contributed by atoms with Gasteiger partial charge >= 0.3 is 5.91 Å². The van der Waals surface area contributed by atoms with E-state index in [0.717, 1.165) is 24.4 Å². The number of amides is 2. The molecule has 1 aliphatic heterocycles. The molecule has 1 saturated heterocycles. The monoisotopic (exact) mass is 533 g/mol. The van der Waals surface area contributed by atoms with Crippen molar-refractivity contribution in [1.82, 2.24) is 9.88 Å². The second kappa shape index (κ2) is 10.6. The van der Waals surface area contributed by atoms with Gasteiger partial charge in [0.1, 0.15) is 17.4 Å². The van der Waals surface area contributed by atoms with Gasteiger partial charge in [-0.15, -0.1) is 0 Å². The van der Waals surface area contributed by atoms with Gasteiger partial charge in [-0.2, -0.15) is 4.73 Å². The Morgan fingerprint density at radius 1 is 1.24 bits per heavy atom. The van der Waals surface area contributed by atoms with Crippen molar-refractivity contribution >= 4 is 17.6 Å². The zero-order valence-corrected chi connectivity index (χ0v) is 20.0. The lowest BCUT2D eigenvalue weighted by Crippen LogP contribution is -2.52. The molecular formula is C25H23F4N5O4. The third-order valence-electron chi connectivity index (χ3n) is 6.29. The van der Waals surface area contributed by atoms with Crippen LogP contribution in [0.4, 0.5) is 23.4 Å². The van der Waals surface area contributed by atoms with Crippen LogP contribution >= 0.6 is 0 Å². The standard InChI is InChI=1S/C25H23F4N5O4/c1-14(24(36)32-22-5-3-17(12-31-22)38-21-4-2-16(26)11-19(21)27)33-9-7-25(28,29)18(13-33)15-6-8-34(37)20(10-15)23(30)35/h2-6,8,10-12,14,18H,7,9,13H2,1H3,(H2,30,35)(H,31,32,36)/t14?,18-/m1/s1. The Labute approximate surface area is 214 Å². The maximum atomic E-state index is 14.8. The number of carbonyl (C=O) groups is 2. The molecule has 0 bridgehead atoms. The molecule has 1 unspecified atom stereocenters. The van der Waals surface area contributed by atoms with Crippen molar-refractivity contribution in [3.8, 4) is 11.5 Å². The summed E-state index contributed by atoms with van der Waals surface area (Å²) < 4.78 is 62.0. The number of hydrogen-bond acceptors (Lipinski definition) is 6. The van der Waals surface area contributed by atoms with Gasteiger partial charge in [-0.1, -0.05) is 0 Å². The van der Waals surface area contributed by atoms with Gasteiger partial charge in [-0.3, -0.25) is 14.5 Å². The number of benzene rings is 1. The fourth-order valence-electron chi connectivity index (χ4n) is 4.12. The van der Waals surface area contributed by atoms with Crippen molar-refractivity contribution in [1.29, 1.82) is 0 Å². The highest BCUT2D eigenvalue weighted by Crippen LogP contribution is 2.41. The van der Waals surface area contributed by atoms with Gasteiger partial charge in [0.15, 0.2) is 17.8 Å². The number of primary amides is 1. The van der Waals surface area contributed by atoms with Gasteiger partial charge in [0.05, 0.1) is 18.2 Å². The summed E-state index contributed by atoms with van der Waals surface area (Å²) in [5.74, 6) is -7.65. The van der Waals surface area contributed by atoms with E-state index in [9.17, 15) is 32.4 Å². The van der Waals surface area contributed by atoms with Crippen LogP contribution in [-0.2, 0) is 4.79 Å². The molecule has 9 nitrogen and oxygen atoms in total. The van der Waals surface area contributed by atoms with Gasteiger partial charge in [-0.25, -0.2) is 22.5 Å². The Bertz CT molecular complexity index is 1360. The van der Waals surface area contributed by atoms with Crippen LogP contribution in [0.1, 0.15) is 35.3 Å². The van der Waals surface area contributed by atoms with Crippen LogP contribution in [0.2, 0.25) is 0 Å². The van der Waals surface area contributed by atoms with E-state index in [2.05, 4.69) is 10.3 Å². The smallest absolute Gasteiger partial charge is 0.314 e. The maximum Gasteiger partial charge on any atom is 0.314 e. The van der Waals surface area contributed by atoms with Crippen molar-refractivity contribution in [3.63, 3.8) is 0 Å². The molecule has 1 aliphatic rings. The molecule has 1 aromatic carbocycles. The number of hydrogen-bond donors (Lipinski definition) is 2. The largest absolute Gasteiger partial charge is 0.618 e. The quantitative estimate of drug-likeness (QED) is 0.273. The molecule has 3 aromatic rings. The predicted octanol–water partition coefficient (Wildman–Crippen LogP) is 3.34. The van der Waals surface area contributed by atoms with E-state index in [4.69, 9.17) is 10.5 Å². The average molecular weight is 533 g/mol. The predicted molar refractivity (Wildman–Crippen MR) is 127 cm³/mol. The summed E-state index contributed by atoms with van der Waals surface area (Å²) in [6.45, 7) is 1.26. The molecule has 200 valence electrons. The molecule has 3 N–H and O–H groups in total. The molecule has 0 radical (unpaired) electrons. The normalized spacial score (nSPS) is 18.0. The maximum absolute atomic E-state index is 14.8. The number of nitrogens with two attached hydrogens (primary N) is 1. The highest BCUT2D eigenvalue weighted by atomic mass is 19.3. The number of ether oxygens (including phenoxy) is 1. The molecule has 2 amide bonds. The molecule has 1 fully saturated rings. The topological polar surface area (TPSA) is 124 Å². The van der Waals surface area contributed by atoms with E-state index in [0.29, 0.717) is 6.07 Å². The van der Waals surface area contributed by atoms with Crippen LogP contribution in [0.15, 0.2) is 54.9 Å². The summed E-state index contributed by atoms with van der Waals surface area (Å²) in [7, 11) is 0. The summed E-state index contributed by atoms with van der Waals surface area (Å²) >= 11 is 0. The number of rotatable bonds is 7. The van der Waals surface area contributed by atoms with E-state index >= 15 is 0 Å². The summed E-state index contributed by atoms with van der Waals surface area (Å²) in [5, 5.41) is 14.3. The lowest BCUT2D eigenvalue weighted by molar-refractivity contribution is -0.607. The number of halogens is 4. The van der Waals surface area contributed by atoms with Crippen molar-refractivity contribution < 1.29 is 36.6 Å². The minimum absolute atomic E-state index is 0.0584. The molecule has 0 spiro atoms. The molecule has 0 aliphatic carbocycles. The van der Waals surface area contributed by atoms with Gasteiger partial charge < -0.3 is 21.0 Å². The first-order valence-electron chi connectivity index (χ1n) is 11.5. The SMILES string of the molecule is CC(C(=O)Nc1ccc(Oc2ccc(F)cc2F)cn1)N1CCC(F)(F)[C@@H](c2cc[n+]([O-])c(C(N)=O)c2)C1. The molecule has 38 heavy (non-hydrogen) atoms. The Kier molecular flexibility index (Phi) is 7.49. The number of pyridine rings is 2. The van der Waals surface area contributed by atoms with Gasteiger partial charge in [0, 0.05) is 37.7 Å². The third kappa shape index (κ3) is 5.83. The third-order valence-corrected chi connectivity index (χ3v) is 6.29. The van der Waals surface area contributed by atoms with Crippen LogP contribution in [-0.4, -0.2) is 46.8 Å². The molecule has 2 atom stereocenters. The van der Waals surface area contributed by atoms with E-state index in [-0.39, 0.29) is 40.7 Å². The molecular weight excluding hydrogens is 510 g/mol. The average Bonchev–Trinajstić information content (AvgIpc) is 2.86. The number of likely N-dealkylation sites (tertiary alicyclic amines) is 1. The lowest BCUT2D eigenvalue weighted by atomic mass is 9.86. The highest BCUT2D eigenvalue weighted by molar-refractivity contribution is 5.93. The Balaban J connectivity index is 1.42. The number of piperidine rings is 1. The van der Waals surface area contributed by atoms with Gasteiger partial charge in [-0.05, 0) is 36.8 Å². The van der Waals surface area contributed by atoms with Crippen molar-refractivity contribution in [2.24, 2.45) is 5.73 Å². The van der Waals surface area contributed by atoms with Crippen LogP contribution < -0.4 is 20.5 Å². The van der Waals surface area contributed by atoms with E-state index in [1.165, 1.54) is 24.4 Å². The number of carbonyl (C=O) groups excluding carboxylic acids is 2. The van der Waals surface area contributed by atoms with Gasteiger partial charge in [0.2, 0.25) is 5.91 Å². The minimum Gasteiger partial charge on any atom is -0.618 e. The lowest BCUT2D eigenvalue weighted by Gasteiger charge is -2.40. The molecule has 4 rings (SSSR count). The summed E-state index contributed by atoms with van der Waals surface area (Å²) in [6.07, 6.45) is 1.64. The number of anilines is 1. The molecule has 13 heteroatoms. The van der Waals surface area contributed by atoms with Crippen LogP contribution in [0, 0.1) is 16.8 Å². The minimum atomic E-state index is -3.14. The molecule has 2 aromatic heterocycles. The molecule has 3 heterocycles. The van der Waals surface area contributed by atoms with E-state index in [1.54, 1.807) is 11.8 Å². The van der Waals surface area contributed by atoms with Crippen molar-refractivity contribution in [2.75, 3.05) is 18.4 Å². The second-order valence-electron chi connectivity index (χ2n) is 8.82. The second-order valence-corrected chi connectivity index (χ2v) is 8.82.